The predicted molar refractivity (Wildman–Crippen MR) is 169 cm³/mol. The van der Waals surface area contributed by atoms with Gasteiger partial charge in [-0.05, 0) is 109 Å². The van der Waals surface area contributed by atoms with Crippen molar-refractivity contribution in [3.63, 3.8) is 0 Å². The van der Waals surface area contributed by atoms with Gasteiger partial charge in [-0.15, -0.1) is 0 Å². The number of nitrogens with zero attached hydrogens (tertiary/aromatic N) is 4. The van der Waals surface area contributed by atoms with Gasteiger partial charge in [-0.3, -0.25) is 4.90 Å². The fourth-order valence-corrected chi connectivity index (χ4v) is 8.51. The molecular weight excluding hydrogens is 560 g/mol. The smallest absolute Gasteiger partial charge is 0.319 e. The topological polar surface area (TPSA) is 73.8 Å². The summed E-state index contributed by atoms with van der Waals surface area (Å²) >= 11 is 0. The average molecular weight is 600 g/mol. The summed E-state index contributed by atoms with van der Waals surface area (Å²) in [5.74, 6) is 1.30. The van der Waals surface area contributed by atoms with Gasteiger partial charge in [-0.25, -0.2) is 8.78 Å². The van der Waals surface area contributed by atoms with Crippen molar-refractivity contribution in [1.29, 1.82) is 0 Å². The number of hydrogen-bond acceptors (Lipinski definition) is 7. The number of alkyl halides is 1. The molecule has 8 rings (SSSR count). The fourth-order valence-electron chi connectivity index (χ4n) is 8.51. The number of anilines is 1. The first-order valence-electron chi connectivity index (χ1n) is 16.2. The number of benzene rings is 3. The molecule has 0 aliphatic carbocycles. The quantitative estimate of drug-likeness (QED) is 0.282. The van der Waals surface area contributed by atoms with Gasteiger partial charge in [0.25, 0.3) is 0 Å². The van der Waals surface area contributed by atoms with Crippen molar-refractivity contribution in [2.24, 2.45) is 5.92 Å². The summed E-state index contributed by atoms with van der Waals surface area (Å²) in [6.07, 6.45) is 4.54. The number of fused-ring (bicyclic) bond motifs is 4. The van der Waals surface area contributed by atoms with Crippen LogP contribution in [0.15, 0.2) is 42.5 Å². The van der Waals surface area contributed by atoms with E-state index >= 15 is 0 Å². The number of phenols is 1. The summed E-state index contributed by atoms with van der Waals surface area (Å²) < 4.78 is 35.8. The molecule has 2 N–H and O–H groups in total. The van der Waals surface area contributed by atoms with Gasteiger partial charge in [-0.2, -0.15) is 9.97 Å². The summed E-state index contributed by atoms with van der Waals surface area (Å²) in [7, 11) is 0. The molecule has 5 heterocycles. The van der Waals surface area contributed by atoms with Crippen molar-refractivity contribution < 1.29 is 18.6 Å². The maximum atomic E-state index is 15.0. The molecule has 0 radical (unpaired) electrons. The first-order valence-corrected chi connectivity index (χ1v) is 16.2. The molecule has 4 atom stereocenters. The first-order chi connectivity index (χ1) is 21.4. The van der Waals surface area contributed by atoms with E-state index in [4.69, 9.17) is 14.7 Å². The number of rotatable bonds is 6. The van der Waals surface area contributed by atoms with Crippen LogP contribution in [-0.4, -0.2) is 77.1 Å². The number of halogens is 2. The van der Waals surface area contributed by atoms with E-state index in [-0.39, 0.29) is 17.1 Å². The molecule has 3 aromatic carbocycles. The zero-order valence-corrected chi connectivity index (χ0v) is 25.2. The van der Waals surface area contributed by atoms with Gasteiger partial charge in [0.1, 0.15) is 30.2 Å². The van der Waals surface area contributed by atoms with E-state index in [0.29, 0.717) is 49.5 Å². The Morgan fingerprint density at radius 3 is 2.86 bits per heavy atom. The summed E-state index contributed by atoms with van der Waals surface area (Å²) in [5.41, 5.74) is 2.65. The van der Waals surface area contributed by atoms with Crippen LogP contribution in [0.2, 0.25) is 0 Å². The molecule has 9 heteroatoms. The third-order valence-electron chi connectivity index (χ3n) is 10.6. The maximum Gasteiger partial charge on any atom is 0.319 e. The van der Waals surface area contributed by atoms with Crippen LogP contribution in [0.25, 0.3) is 32.8 Å². The van der Waals surface area contributed by atoms with Crippen molar-refractivity contribution in [3.8, 4) is 22.9 Å². The van der Waals surface area contributed by atoms with Crippen LogP contribution in [0.3, 0.4) is 0 Å². The zero-order chi connectivity index (χ0) is 30.0. The first kappa shape index (κ1) is 28.0. The molecule has 7 nitrogen and oxygen atoms in total. The second kappa shape index (κ2) is 10.8. The minimum absolute atomic E-state index is 0.129. The van der Waals surface area contributed by atoms with Gasteiger partial charge in [0, 0.05) is 37.5 Å². The van der Waals surface area contributed by atoms with Crippen LogP contribution in [0.5, 0.6) is 11.8 Å². The molecule has 0 amide bonds. The maximum absolute atomic E-state index is 15.0. The Balaban J connectivity index is 1.23. The number of aromatic nitrogens is 2. The molecular formula is C35H39F2N5O2. The number of phenolic OH excluding ortho intramolecular Hbond substituents is 1. The molecule has 44 heavy (non-hydrogen) atoms. The van der Waals surface area contributed by atoms with Gasteiger partial charge in [0.2, 0.25) is 0 Å². The Morgan fingerprint density at radius 1 is 1.09 bits per heavy atom. The van der Waals surface area contributed by atoms with Crippen molar-refractivity contribution in [2.45, 2.75) is 63.2 Å². The summed E-state index contributed by atoms with van der Waals surface area (Å²) in [6, 6.07) is 13.4. The zero-order valence-electron chi connectivity index (χ0n) is 25.2. The highest BCUT2D eigenvalue weighted by molar-refractivity contribution is 6.02. The minimum Gasteiger partial charge on any atom is -0.508 e. The monoisotopic (exact) mass is 599 g/mol. The van der Waals surface area contributed by atoms with E-state index < -0.39 is 6.17 Å². The largest absolute Gasteiger partial charge is 0.508 e. The fraction of sp³-hybridized carbons (Fsp3) is 0.486. The number of aromatic hydroxyl groups is 1. The van der Waals surface area contributed by atoms with E-state index in [9.17, 15) is 13.9 Å². The van der Waals surface area contributed by atoms with Gasteiger partial charge in [-0.1, -0.05) is 19.1 Å². The van der Waals surface area contributed by atoms with Crippen LogP contribution < -0.4 is 15.0 Å². The normalized spacial score (nSPS) is 26.9. The summed E-state index contributed by atoms with van der Waals surface area (Å²) in [5, 5.41) is 16.8. The van der Waals surface area contributed by atoms with Gasteiger partial charge < -0.3 is 20.1 Å². The molecule has 0 bridgehead atoms. The van der Waals surface area contributed by atoms with Crippen LogP contribution in [-0.2, 0) is 6.42 Å². The van der Waals surface area contributed by atoms with E-state index in [2.05, 4.69) is 15.1 Å². The summed E-state index contributed by atoms with van der Waals surface area (Å²) in [6.45, 7) is 6.51. The van der Waals surface area contributed by atoms with Crippen LogP contribution in [0.1, 0.15) is 44.6 Å². The lowest BCUT2D eigenvalue weighted by molar-refractivity contribution is 0.107. The van der Waals surface area contributed by atoms with Crippen LogP contribution in [0, 0.1) is 11.7 Å². The Morgan fingerprint density at radius 2 is 2.00 bits per heavy atom. The van der Waals surface area contributed by atoms with E-state index in [0.717, 1.165) is 77.6 Å². The molecule has 0 spiro atoms. The van der Waals surface area contributed by atoms with Crippen molar-refractivity contribution in [3.05, 3.63) is 53.8 Å². The highest BCUT2D eigenvalue weighted by atomic mass is 19.1. The average Bonchev–Trinajstić information content (AvgIpc) is 3.71. The highest BCUT2D eigenvalue weighted by Crippen LogP contribution is 2.42. The molecule has 230 valence electrons. The molecule has 4 saturated heterocycles. The Hall–Kier alpha value is -3.56. The molecule has 4 aliphatic rings. The van der Waals surface area contributed by atoms with E-state index in [1.807, 2.05) is 25.1 Å². The second-order valence-electron chi connectivity index (χ2n) is 13.3. The van der Waals surface area contributed by atoms with Gasteiger partial charge in [0.15, 0.2) is 0 Å². The van der Waals surface area contributed by atoms with Crippen molar-refractivity contribution in [2.75, 3.05) is 44.2 Å². The molecule has 1 aromatic heterocycles. The Kier molecular flexibility index (Phi) is 6.86. The highest BCUT2D eigenvalue weighted by Gasteiger charge is 2.49. The lowest BCUT2D eigenvalue weighted by Gasteiger charge is -2.31. The number of aryl methyl sites for hydroxylation is 1. The van der Waals surface area contributed by atoms with Gasteiger partial charge >= 0.3 is 6.01 Å². The molecule has 4 aromatic rings. The third-order valence-corrected chi connectivity index (χ3v) is 10.6. The number of piperidine rings is 1. The minimum atomic E-state index is -0.829. The molecule has 2 unspecified atom stereocenters. The lowest BCUT2D eigenvalue weighted by atomic mass is 9.92. The Bertz CT molecular complexity index is 1740. The lowest BCUT2D eigenvalue weighted by Crippen LogP contribution is -2.43. The van der Waals surface area contributed by atoms with E-state index in [1.165, 1.54) is 18.9 Å². The second-order valence-corrected chi connectivity index (χ2v) is 13.3. The summed E-state index contributed by atoms with van der Waals surface area (Å²) in [4.78, 5) is 14.5. The number of nitrogens with one attached hydrogen (secondary N) is 1. The predicted octanol–water partition coefficient (Wildman–Crippen LogP) is 6.00. The van der Waals surface area contributed by atoms with E-state index in [1.54, 1.807) is 18.2 Å². The SMILES string of the molecule is CCc1c(F)ccc2cc(O)cc(-c3ccc4c(N5CC6CCCNC6C5)nc(OC[C@@]56CCCN5C[C@H](F)C6)nc4c3)c12. The Labute approximate surface area is 256 Å². The molecule has 4 fully saturated rings. The molecule has 0 saturated carbocycles. The molecule has 4 aliphatic heterocycles. The number of ether oxygens (including phenoxy) is 1. The standard InChI is InChI=1S/C35H39F2N5O2/c1-2-26-29(37)9-7-22-13-25(43)15-28(32(22)26)21-6-8-27-30(14-21)39-34(44-20-35-10-4-12-42(35)18-24(36)16-35)40-33(27)41-17-23-5-3-11-38-31(23)19-41/h6-9,13-15,23-24,31,38,43H,2-5,10-12,16-20H2,1H3/t23?,24-,31?,35+/m1/s1. The van der Waals surface area contributed by atoms with Crippen LogP contribution in [0.4, 0.5) is 14.6 Å². The number of hydrogen-bond donors (Lipinski definition) is 2. The van der Waals surface area contributed by atoms with Crippen molar-refractivity contribution in [1.82, 2.24) is 20.2 Å². The van der Waals surface area contributed by atoms with Crippen molar-refractivity contribution >= 4 is 27.5 Å². The van der Waals surface area contributed by atoms with Crippen LogP contribution >= 0.6 is 0 Å². The van der Waals surface area contributed by atoms with Gasteiger partial charge in [0.05, 0.1) is 11.1 Å². The third kappa shape index (κ3) is 4.67.